The molecule has 1 heterocycles. The van der Waals surface area contributed by atoms with Gasteiger partial charge in [-0.25, -0.2) is 4.79 Å². The molecule has 1 aliphatic heterocycles. The van der Waals surface area contributed by atoms with Gasteiger partial charge in [0.2, 0.25) is 6.29 Å². The van der Waals surface area contributed by atoms with Crippen molar-refractivity contribution >= 4 is 11.9 Å². The maximum absolute atomic E-state index is 13.3. The molecule has 0 saturated heterocycles. The minimum atomic E-state index is -0.697. The van der Waals surface area contributed by atoms with Gasteiger partial charge in [0.05, 0.1) is 45.6 Å². The Kier molecular flexibility index (Phi) is 14.3. The van der Waals surface area contributed by atoms with Crippen LogP contribution in [-0.4, -0.2) is 109 Å². The Hall–Kier alpha value is -2.54. The van der Waals surface area contributed by atoms with E-state index in [0.717, 1.165) is 5.56 Å². The number of ether oxygens (including phenoxy) is 7. The number of carbonyl (C=O) groups is 2. The predicted octanol–water partition coefficient (Wildman–Crippen LogP) is 1.94. The van der Waals surface area contributed by atoms with Gasteiger partial charge in [-0.3, -0.25) is 4.79 Å². The number of carbonyl (C=O) groups excluding carboxylic acids is 2. The van der Waals surface area contributed by atoms with Crippen LogP contribution in [0, 0.1) is 5.92 Å². The smallest absolute Gasteiger partial charge is 0.337 e. The third kappa shape index (κ3) is 9.33. The fourth-order valence-electron chi connectivity index (χ4n) is 4.12. The molecule has 0 spiro atoms. The van der Waals surface area contributed by atoms with Crippen molar-refractivity contribution in [1.82, 2.24) is 4.90 Å². The van der Waals surface area contributed by atoms with E-state index in [2.05, 4.69) is 0 Å². The highest BCUT2D eigenvalue weighted by molar-refractivity contribution is 5.91. The lowest BCUT2D eigenvalue weighted by atomic mass is 9.81. The van der Waals surface area contributed by atoms with E-state index in [9.17, 15) is 9.59 Å². The lowest BCUT2D eigenvalue weighted by molar-refractivity contribution is -0.174. The summed E-state index contributed by atoms with van der Waals surface area (Å²) in [5.74, 6) is -1.03. The van der Waals surface area contributed by atoms with Gasteiger partial charge < -0.3 is 43.2 Å². The van der Waals surface area contributed by atoms with E-state index in [4.69, 9.17) is 38.3 Å². The first-order valence-corrected chi connectivity index (χ1v) is 12.7. The zero-order valence-electron chi connectivity index (χ0n) is 22.9. The normalized spacial score (nSPS) is 19.1. The van der Waals surface area contributed by atoms with Crippen LogP contribution in [0.2, 0.25) is 0 Å². The third-order valence-electron chi connectivity index (χ3n) is 6.14. The third-order valence-corrected chi connectivity index (χ3v) is 6.14. The molecule has 214 valence electrons. The molecule has 2 rings (SSSR count). The number of allylic oxidation sites excluding steroid dienone is 1. The fourth-order valence-corrected chi connectivity index (χ4v) is 4.12. The molecule has 11 nitrogen and oxygen atoms in total. The number of hydrogen-bond acceptors (Lipinski definition) is 10. The van der Waals surface area contributed by atoms with Crippen molar-refractivity contribution in [2.24, 2.45) is 5.92 Å². The highest BCUT2D eigenvalue weighted by Gasteiger charge is 2.39. The zero-order valence-corrected chi connectivity index (χ0v) is 22.9. The number of nitrogens with zero attached hydrogens (tertiary/aromatic N) is 1. The Balaban J connectivity index is 2.30. The van der Waals surface area contributed by atoms with Crippen molar-refractivity contribution in [2.45, 2.75) is 31.8 Å². The average Bonchev–Trinajstić information content (AvgIpc) is 2.95. The quantitative estimate of drug-likeness (QED) is 0.179. The summed E-state index contributed by atoms with van der Waals surface area (Å²) in [6.45, 7) is 3.87. The standard InChI is InChI=1S/C27H41NO10/c1-6-37-27-21(11-13-35-15-16-36-14-12-29)22(19-7-9-20(10-8-19)26(31)34-5)17-23(38-27)25(30)28(2)18-24(32-3)33-4/h7-10,17,21-22,24,27,29H,6,11-16,18H2,1-5H3/t21-,22+,27+/m0/s1. The Morgan fingerprint density at radius 3 is 2.26 bits per heavy atom. The number of esters is 1. The minimum Gasteiger partial charge on any atom is -0.465 e. The molecule has 1 aromatic carbocycles. The second kappa shape index (κ2) is 17.1. The molecule has 0 aromatic heterocycles. The highest BCUT2D eigenvalue weighted by atomic mass is 16.7. The van der Waals surface area contributed by atoms with Crippen molar-refractivity contribution in [3.63, 3.8) is 0 Å². The van der Waals surface area contributed by atoms with Crippen molar-refractivity contribution in [2.75, 3.05) is 74.6 Å². The van der Waals surface area contributed by atoms with Gasteiger partial charge in [0.15, 0.2) is 12.0 Å². The summed E-state index contributed by atoms with van der Waals surface area (Å²) in [7, 11) is 5.99. The molecule has 0 saturated carbocycles. The van der Waals surface area contributed by atoms with Crippen molar-refractivity contribution in [1.29, 1.82) is 0 Å². The van der Waals surface area contributed by atoms with Crippen molar-refractivity contribution < 1.29 is 47.9 Å². The van der Waals surface area contributed by atoms with E-state index < -0.39 is 18.5 Å². The molecule has 0 radical (unpaired) electrons. The molecule has 38 heavy (non-hydrogen) atoms. The monoisotopic (exact) mass is 539 g/mol. The van der Waals surface area contributed by atoms with Gasteiger partial charge in [-0.15, -0.1) is 0 Å². The summed E-state index contributed by atoms with van der Waals surface area (Å²) in [6.07, 6.45) is 1.10. The summed E-state index contributed by atoms with van der Waals surface area (Å²) < 4.78 is 38.3. The van der Waals surface area contributed by atoms with Crippen molar-refractivity contribution in [3.8, 4) is 0 Å². The Morgan fingerprint density at radius 2 is 1.68 bits per heavy atom. The van der Waals surface area contributed by atoms with E-state index in [1.807, 2.05) is 19.1 Å². The van der Waals surface area contributed by atoms with Gasteiger partial charge in [0.1, 0.15) is 0 Å². The summed E-state index contributed by atoms with van der Waals surface area (Å²) >= 11 is 0. The van der Waals surface area contributed by atoms with E-state index in [-0.39, 0.29) is 43.3 Å². The Labute approximate surface area is 224 Å². The van der Waals surface area contributed by atoms with E-state index in [1.165, 1.54) is 26.2 Å². The topological polar surface area (TPSA) is 122 Å². The number of rotatable bonds is 17. The Morgan fingerprint density at radius 1 is 1.03 bits per heavy atom. The highest BCUT2D eigenvalue weighted by Crippen LogP contribution is 2.39. The van der Waals surface area contributed by atoms with Crippen LogP contribution in [0.1, 0.15) is 35.2 Å². The number of aliphatic hydroxyl groups is 1. The molecule has 1 aliphatic rings. The summed E-state index contributed by atoms with van der Waals surface area (Å²) in [5, 5.41) is 8.82. The second-order valence-corrected chi connectivity index (χ2v) is 8.60. The van der Waals surface area contributed by atoms with Gasteiger partial charge in [-0.2, -0.15) is 0 Å². The first-order chi connectivity index (χ1) is 18.4. The van der Waals surface area contributed by atoms with Crippen molar-refractivity contribution in [3.05, 3.63) is 47.2 Å². The van der Waals surface area contributed by atoms with E-state index >= 15 is 0 Å². The van der Waals surface area contributed by atoms with Gasteiger partial charge in [-0.1, -0.05) is 12.1 Å². The summed E-state index contributed by atoms with van der Waals surface area (Å²) in [6, 6.07) is 7.08. The molecule has 0 bridgehead atoms. The maximum Gasteiger partial charge on any atom is 0.337 e. The van der Waals surface area contributed by atoms with Gasteiger partial charge >= 0.3 is 5.97 Å². The number of likely N-dealkylation sites (N-methyl/N-ethyl adjacent to an activating group) is 1. The number of amides is 1. The molecule has 1 aromatic rings. The molecule has 1 amide bonds. The summed E-state index contributed by atoms with van der Waals surface area (Å²) in [5.41, 5.74) is 1.32. The lowest BCUT2D eigenvalue weighted by Crippen LogP contribution is -2.42. The molecule has 11 heteroatoms. The largest absolute Gasteiger partial charge is 0.465 e. The molecule has 3 atom stereocenters. The molecule has 1 N–H and O–H groups in total. The molecule has 0 fully saturated rings. The van der Waals surface area contributed by atoms with Crippen LogP contribution in [0.3, 0.4) is 0 Å². The molecular weight excluding hydrogens is 498 g/mol. The molecular formula is C27H41NO10. The van der Waals surface area contributed by atoms with Crippen LogP contribution >= 0.6 is 0 Å². The lowest BCUT2D eigenvalue weighted by Gasteiger charge is -2.38. The minimum absolute atomic E-state index is 0.0356. The van der Waals surface area contributed by atoms with Crippen LogP contribution in [0.15, 0.2) is 36.1 Å². The number of benzene rings is 1. The molecule has 0 unspecified atom stereocenters. The number of aliphatic hydroxyl groups excluding tert-OH is 1. The van der Waals surface area contributed by atoms with Gasteiger partial charge in [0, 0.05) is 46.3 Å². The van der Waals surface area contributed by atoms with Crippen LogP contribution in [0.5, 0.6) is 0 Å². The zero-order chi connectivity index (χ0) is 27.9. The Bertz CT molecular complexity index is 871. The molecule has 0 aliphatic carbocycles. The maximum atomic E-state index is 13.3. The number of methoxy groups -OCH3 is 3. The first kappa shape index (κ1) is 31.7. The first-order valence-electron chi connectivity index (χ1n) is 12.7. The van der Waals surface area contributed by atoms with Crippen LogP contribution in [0.25, 0.3) is 0 Å². The fraction of sp³-hybridized carbons (Fsp3) is 0.630. The number of hydrogen-bond donors (Lipinski definition) is 1. The van der Waals surface area contributed by atoms with Crippen LogP contribution in [0.4, 0.5) is 0 Å². The van der Waals surface area contributed by atoms with Crippen LogP contribution < -0.4 is 0 Å². The van der Waals surface area contributed by atoms with E-state index in [0.29, 0.717) is 38.4 Å². The summed E-state index contributed by atoms with van der Waals surface area (Å²) in [4.78, 5) is 26.7. The van der Waals surface area contributed by atoms with E-state index in [1.54, 1.807) is 25.3 Å². The predicted molar refractivity (Wildman–Crippen MR) is 137 cm³/mol. The second-order valence-electron chi connectivity index (χ2n) is 8.60. The SMILES string of the molecule is CCO[C@@H]1OC(C(=O)N(C)CC(OC)OC)=C[C@H](c2ccc(C(=O)OC)cc2)[C@@H]1CCOCCOCCO. The van der Waals surface area contributed by atoms with Gasteiger partial charge in [-0.05, 0) is 37.1 Å². The van der Waals surface area contributed by atoms with Gasteiger partial charge in [0.25, 0.3) is 5.91 Å². The van der Waals surface area contributed by atoms with Crippen LogP contribution in [-0.2, 0) is 38.0 Å². The average molecular weight is 540 g/mol.